The van der Waals surface area contributed by atoms with Gasteiger partial charge in [0.2, 0.25) is 0 Å². The Hall–Kier alpha value is -1.13. The van der Waals surface area contributed by atoms with Gasteiger partial charge in [-0.05, 0) is 37.4 Å². The van der Waals surface area contributed by atoms with Crippen LogP contribution in [-0.4, -0.2) is 36.6 Å². The van der Waals surface area contributed by atoms with Gasteiger partial charge in [0.25, 0.3) is 0 Å². The topological polar surface area (TPSA) is 38.5 Å². The van der Waals surface area contributed by atoms with Crippen LogP contribution in [0.5, 0.6) is 5.75 Å². The van der Waals surface area contributed by atoms with E-state index in [0.29, 0.717) is 11.6 Å². The molecule has 2 N–H and O–H groups in total. The third-order valence-electron chi connectivity index (χ3n) is 3.68. The van der Waals surface area contributed by atoms with Crippen molar-refractivity contribution in [1.29, 1.82) is 0 Å². The van der Waals surface area contributed by atoms with Gasteiger partial charge in [-0.3, -0.25) is 0 Å². The summed E-state index contributed by atoms with van der Waals surface area (Å²) in [4.78, 5) is 2.75. The second kappa shape index (κ2) is 6.35. The predicted molar refractivity (Wildman–Crippen MR) is 82.6 cm³/mol. The third-order valence-corrected chi connectivity index (χ3v) is 3.92. The first kappa shape index (κ1) is 14.3. The summed E-state index contributed by atoms with van der Waals surface area (Å²) < 4.78 is 5.74. The number of hydrogen-bond acceptors (Lipinski definition) is 3. The Kier molecular flexibility index (Phi) is 4.77. The molecule has 0 heterocycles. The van der Waals surface area contributed by atoms with Crippen LogP contribution in [0.4, 0.5) is 0 Å². The molecule has 0 amide bonds. The van der Waals surface area contributed by atoms with E-state index < -0.39 is 0 Å². The summed E-state index contributed by atoms with van der Waals surface area (Å²) in [6.07, 6.45) is 1.38. The Balaban J connectivity index is 1.72. The van der Waals surface area contributed by atoms with Crippen molar-refractivity contribution in [1.82, 2.24) is 4.90 Å². The lowest BCUT2D eigenvalue weighted by Crippen LogP contribution is -2.26. The number of thiocarbonyl (C=S) groups is 1. The van der Waals surface area contributed by atoms with Crippen LogP contribution in [0.2, 0.25) is 0 Å². The molecule has 1 aromatic rings. The second-order valence-electron chi connectivity index (χ2n) is 5.48. The van der Waals surface area contributed by atoms with Crippen LogP contribution >= 0.6 is 12.2 Å². The highest BCUT2D eigenvalue weighted by molar-refractivity contribution is 7.80. The van der Waals surface area contributed by atoms with Crippen LogP contribution in [0.3, 0.4) is 0 Å². The maximum Gasteiger partial charge on any atom is 0.120 e. The molecule has 4 heteroatoms. The van der Waals surface area contributed by atoms with Crippen molar-refractivity contribution in [2.24, 2.45) is 17.6 Å². The van der Waals surface area contributed by atoms with E-state index in [9.17, 15) is 0 Å². The van der Waals surface area contributed by atoms with Crippen LogP contribution in [0.15, 0.2) is 24.3 Å². The molecule has 2 unspecified atom stereocenters. The first-order valence-electron chi connectivity index (χ1n) is 6.77. The average molecular weight is 278 g/mol. The van der Waals surface area contributed by atoms with Crippen molar-refractivity contribution in [3.8, 4) is 5.75 Å². The van der Waals surface area contributed by atoms with E-state index in [1.165, 1.54) is 13.0 Å². The highest BCUT2D eigenvalue weighted by Gasteiger charge is 2.32. The fourth-order valence-corrected chi connectivity index (χ4v) is 2.33. The molecule has 2 atom stereocenters. The highest BCUT2D eigenvalue weighted by Crippen LogP contribution is 2.37. The number of likely N-dealkylation sites (N-methyl/N-ethyl adjacent to an activating group) is 1. The molecule has 0 saturated heterocycles. The van der Waals surface area contributed by atoms with Gasteiger partial charge < -0.3 is 15.4 Å². The maximum absolute atomic E-state index is 5.74. The molecule has 0 radical (unpaired) electrons. The van der Waals surface area contributed by atoms with Crippen molar-refractivity contribution < 1.29 is 4.74 Å². The van der Waals surface area contributed by atoms with Crippen LogP contribution in [0.1, 0.15) is 18.9 Å². The first-order chi connectivity index (χ1) is 9.06. The van der Waals surface area contributed by atoms with Crippen LogP contribution in [-0.2, 0) is 0 Å². The van der Waals surface area contributed by atoms with Gasteiger partial charge in [-0.1, -0.05) is 31.3 Å². The van der Waals surface area contributed by atoms with Crippen molar-refractivity contribution in [2.45, 2.75) is 13.3 Å². The molecule has 1 aliphatic carbocycles. The molecule has 1 aliphatic rings. The monoisotopic (exact) mass is 278 g/mol. The summed E-state index contributed by atoms with van der Waals surface area (Å²) in [5.41, 5.74) is 6.46. The van der Waals surface area contributed by atoms with Gasteiger partial charge in [0.05, 0.1) is 0 Å². The summed E-state index contributed by atoms with van der Waals surface area (Å²) in [5.74, 6) is 2.63. The summed E-state index contributed by atoms with van der Waals surface area (Å²) in [7, 11) is 2.15. The molecule has 0 aliphatic heterocycles. The van der Waals surface area contributed by atoms with Gasteiger partial charge >= 0.3 is 0 Å². The number of benzene rings is 1. The van der Waals surface area contributed by atoms with E-state index in [2.05, 4.69) is 18.9 Å². The predicted octanol–water partition coefficient (Wildman–Crippen LogP) is 2.29. The number of nitrogens with two attached hydrogens (primary N) is 1. The van der Waals surface area contributed by atoms with Crippen molar-refractivity contribution in [3.05, 3.63) is 29.8 Å². The van der Waals surface area contributed by atoms with E-state index in [1.807, 2.05) is 24.3 Å². The number of nitrogens with zero attached hydrogens (tertiary/aromatic N) is 1. The SMILES string of the molecule is CC1CC1CN(C)CCOc1cccc(C(N)=S)c1. The minimum atomic E-state index is 0.408. The molecule has 104 valence electrons. The van der Waals surface area contributed by atoms with Crippen LogP contribution in [0, 0.1) is 11.8 Å². The highest BCUT2D eigenvalue weighted by atomic mass is 32.1. The lowest BCUT2D eigenvalue weighted by Gasteiger charge is -2.17. The van der Waals surface area contributed by atoms with Gasteiger partial charge in [-0.25, -0.2) is 0 Å². The van der Waals surface area contributed by atoms with Crippen molar-refractivity contribution in [3.63, 3.8) is 0 Å². The van der Waals surface area contributed by atoms with Crippen molar-refractivity contribution >= 4 is 17.2 Å². The molecule has 1 aromatic carbocycles. The minimum absolute atomic E-state index is 0.408. The molecular weight excluding hydrogens is 256 g/mol. The maximum atomic E-state index is 5.74. The number of ether oxygens (including phenoxy) is 1. The van der Waals surface area contributed by atoms with E-state index in [-0.39, 0.29) is 0 Å². The molecule has 0 spiro atoms. The van der Waals surface area contributed by atoms with E-state index in [4.69, 9.17) is 22.7 Å². The zero-order valence-electron chi connectivity index (χ0n) is 11.6. The summed E-state index contributed by atoms with van der Waals surface area (Å²) in [5, 5.41) is 0. The quantitative estimate of drug-likeness (QED) is 0.777. The van der Waals surface area contributed by atoms with Gasteiger partial charge in [-0.2, -0.15) is 0 Å². The Labute approximate surface area is 120 Å². The van der Waals surface area contributed by atoms with Gasteiger partial charge in [-0.15, -0.1) is 0 Å². The molecule has 1 saturated carbocycles. The normalized spacial score (nSPS) is 21.4. The Morgan fingerprint density at radius 1 is 1.53 bits per heavy atom. The average Bonchev–Trinajstić information content (AvgIpc) is 3.05. The van der Waals surface area contributed by atoms with E-state index in [1.54, 1.807) is 0 Å². The lowest BCUT2D eigenvalue weighted by molar-refractivity contribution is 0.230. The largest absolute Gasteiger partial charge is 0.492 e. The molecule has 0 bridgehead atoms. The Morgan fingerprint density at radius 2 is 2.26 bits per heavy atom. The Morgan fingerprint density at radius 3 is 2.89 bits per heavy atom. The van der Waals surface area contributed by atoms with E-state index in [0.717, 1.165) is 29.7 Å². The fourth-order valence-electron chi connectivity index (χ4n) is 2.20. The summed E-state index contributed by atoms with van der Waals surface area (Å²) in [6, 6.07) is 7.64. The summed E-state index contributed by atoms with van der Waals surface area (Å²) >= 11 is 4.96. The Bertz CT molecular complexity index is 450. The number of rotatable bonds is 7. The smallest absolute Gasteiger partial charge is 0.120 e. The van der Waals surface area contributed by atoms with Crippen molar-refractivity contribution in [2.75, 3.05) is 26.7 Å². The second-order valence-corrected chi connectivity index (χ2v) is 5.92. The molecule has 19 heavy (non-hydrogen) atoms. The first-order valence-corrected chi connectivity index (χ1v) is 7.18. The molecule has 1 fully saturated rings. The van der Waals surface area contributed by atoms with E-state index >= 15 is 0 Å². The minimum Gasteiger partial charge on any atom is -0.492 e. The van der Waals surface area contributed by atoms with Gasteiger partial charge in [0.1, 0.15) is 17.3 Å². The molecule has 0 aromatic heterocycles. The van der Waals surface area contributed by atoms with Gasteiger partial charge in [0.15, 0.2) is 0 Å². The third kappa shape index (κ3) is 4.48. The zero-order chi connectivity index (χ0) is 13.8. The summed E-state index contributed by atoms with van der Waals surface area (Å²) in [6.45, 7) is 5.13. The lowest BCUT2D eigenvalue weighted by atomic mass is 10.2. The molecule has 2 rings (SSSR count). The number of hydrogen-bond donors (Lipinski definition) is 1. The van der Waals surface area contributed by atoms with Crippen LogP contribution in [0.25, 0.3) is 0 Å². The zero-order valence-corrected chi connectivity index (χ0v) is 12.5. The fraction of sp³-hybridized carbons (Fsp3) is 0.533. The molecule has 3 nitrogen and oxygen atoms in total. The standard InChI is InChI=1S/C15H22N2OS/c1-11-8-13(11)10-17(2)6-7-18-14-5-3-4-12(9-14)15(16)19/h3-5,9,11,13H,6-8,10H2,1-2H3,(H2,16,19). The van der Waals surface area contributed by atoms with Gasteiger partial charge in [0, 0.05) is 18.7 Å². The molecular formula is C15H22N2OS. The van der Waals surface area contributed by atoms with Crippen LogP contribution < -0.4 is 10.5 Å².